The van der Waals surface area contributed by atoms with Gasteiger partial charge in [0, 0.05) is 10.3 Å². The number of fused-ring (bicyclic) bond motifs is 1. The van der Waals surface area contributed by atoms with Crippen molar-refractivity contribution in [2.45, 2.75) is 4.90 Å². The molecule has 0 saturated carbocycles. The van der Waals surface area contributed by atoms with Crippen LogP contribution >= 0.6 is 11.8 Å². The molecule has 0 radical (unpaired) electrons. The zero-order valence-electron chi connectivity index (χ0n) is 11.4. The van der Waals surface area contributed by atoms with Gasteiger partial charge >= 0.3 is 5.97 Å². The van der Waals surface area contributed by atoms with Crippen molar-refractivity contribution in [3.63, 3.8) is 0 Å². The predicted octanol–water partition coefficient (Wildman–Crippen LogP) is 4.54. The van der Waals surface area contributed by atoms with E-state index >= 15 is 0 Å². The van der Waals surface area contributed by atoms with Crippen LogP contribution < -0.4 is 4.74 Å². The Morgan fingerprint density at radius 3 is 2.43 bits per heavy atom. The number of carbonyl (C=O) groups is 1. The van der Waals surface area contributed by atoms with Gasteiger partial charge in [-0.15, -0.1) is 11.8 Å². The van der Waals surface area contributed by atoms with Gasteiger partial charge in [0.25, 0.3) is 0 Å². The third-order valence-corrected chi connectivity index (χ3v) is 4.06. The van der Waals surface area contributed by atoms with Crippen molar-refractivity contribution in [1.82, 2.24) is 0 Å². The third-order valence-electron chi connectivity index (χ3n) is 3.07. The molecule has 0 aliphatic heterocycles. The smallest absolute Gasteiger partial charge is 0.321 e. The first kappa shape index (κ1) is 13.7. The number of hydrogen-bond acceptors (Lipinski definition) is 3. The summed E-state index contributed by atoms with van der Waals surface area (Å²) in [6, 6.07) is 23.4. The number of carbonyl (C=O) groups excluding carboxylic acids is 1. The number of rotatable bonds is 4. The molecule has 0 saturated heterocycles. The monoisotopic (exact) mass is 294 g/mol. The Bertz CT molecular complexity index is 748. The predicted molar refractivity (Wildman–Crippen MR) is 86.7 cm³/mol. The molecule has 0 aliphatic rings. The minimum absolute atomic E-state index is 0.236. The second kappa shape index (κ2) is 6.46. The van der Waals surface area contributed by atoms with Gasteiger partial charge in [0.1, 0.15) is 5.75 Å². The second-order valence-electron chi connectivity index (χ2n) is 4.55. The molecule has 0 atom stereocenters. The molecule has 0 amide bonds. The van der Waals surface area contributed by atoms with Crippen LogP contribution in [0.4, 0.5) is 0 Å². The molecule has 0 heterocycles. The summed E-state index contributed by atoms with van der Waals surface area (Å²) in [5.74, 6) is 0.680. The van der Waals surface area contributed by atoms with Crippen LogP contribution in [0.25, 0.3) is 10.8 Å². The Morgan fingerprint density at radius 2 is 1.57 bits per heavy atom. The van der Waals surface area contributed by atoms with E-state index in [2.05, 4.69) is 0 Å². The summed E-state index contributed by atoms with van der Waals surface area (Å²) in [5, 5.41) is 2.02. The van der Waals surface area contributed by atoms with Crippen molar-refractivity contribution in [3.05, 3.63) is 72.8 Å². The van der Waals surface area contributed by atoms with Crippen LogP contribution in [0.15, 0.2) is 77.7 Å². The van der Waals surface area contributed by atoms with Gasteiger partial charge in [-0.3, -0.25) is 4.79 Å². The van der Waals surface area contributed by atoms with E-state index in [4.69, 9.17) is 4.74 Å². The highest BCUT2D eigenvalue weighted by atomic mass is 32.2. The molecule has 0 bridgehead atoms. The average molecular weight is 294 g/mol. The van der Waals surface area contributed by atoms with E-state index < -0.39 is 0 Å². The second-order valence-corrected chi connectivity index (χ2v) is 5.60. The molecule has 3 aromatic rings. The van der Waals surface area contributed by atoms with Crippen LogP contribution in [0.1, 0.15) is 0 Å². The van der Waals surface area contributed by atoms with Crippen molar-refractivity contribution in [2.24, 2.45) is 0 Å². The van der Waals surface area contributed by atoms with E-state index in [9.17, 15) is 4.79 Å². The Hall–Kier alpha value is -2.26. The highest BCUT2D eigenvalue weighted by molar-refractivity contribution is 8.00. The third kappa shape index (κ3) is 3.44. The van der Waals surface area contributed by atoms with Crippen LogP contribution in [0.3, 0.4) is 0 Å². The highest BCUT2D eigenvalue weighted by Crippen LogP contribution is 2.26. The van der Waals surface area contributed by atoms with Gasteiger partial charge in [-0.05, 0) is 23.6 Å². The lowest BCUT2D eigenvalue weighted by atomic mass is 10.1. The summed E-state index contributed by atoms with van der Waals surface area (Å²) < 4.78 is 5.49. The minimum atomic E-state index is -0.236. The molecule has 0 spiro atoms. The van der Waals surface area contributed by atoms with E-state index in [1.807, 2.05) is 72.8 Å². The van der Waals surface area contributed by atoms with Crippen LogP contribution in [-0.4, -0.2) is 11.7 Å². The van der Waals surface area contributed by atoms with Gasteiger partial charge in [-0.1, -0.05) is 54.6 Å². The van der Waals surface area contributed by atoms with E-state index in [0.29, 0.717) is 11.5 Å². The molecule has 21 heavy (non-hydrogen) atoms. The summed E-state index contributed by atoms with van der Waals surface area (Å²) in [6.07, 6.45) is 0. The van der Waals surface area contributed by atoms with Gasteiger partial charge in [0.2, 0.25) is 0 Å². The SMILES string of the molecule is O=C(CSc1ccccc1)Oc1cccc2ccccc12. The lowest BCUT2D eigenvalue weighted by molar-refractivity contribution is -0.131. The van der Waals surface area contributed by atoms with Crippen molar-refractivity contribution < 1.29 is 9.53 Å². The lowest BCUT2D eigenvalue weighted by Gasteiger charge is -2.07. The van der Waals surface area contributed by atoms with Crippen LogP contribution in [0.5, 0.6) is 5.75 Å². The Labute approximate surface area is 127 Å². The highest BCUT2D eigenvalue weighted by Gasteiger charge is 2.08. The van der Waals surface area contributed by atoms with Crippen molar-refractivity contribution in [2.75, 3.05) is 5.75 Å². The maximum absolute atomic E-state index is 12.0. The Morgan fingerprint density at radius 1 is 0.857 bits per heavy atom. The maximum Gasteiger partial charge on any atom is 0.321 e. The number of hydrogen-bond donors (Lipinski definition) is 0. The number of benzene rings is 3. The van der Waals surface area contributed by atoms with Crippen molar-refractivity contribution in [3.8, 4) is 5.75 Å². The van der Waals surface area contributed by atoms with Gasteiger partial charge in [0.05, 0.1) is 5.75 Å². The largest absolute Gasteiger partial charge is 0.425 e. The molecular formula is C18H14O2S. The minimum Gasteiger partial charge on any atom is -0.425 e. The molecule has 104 valence electrons. The normalized spacial score (nSPS) is 10.5. The zero-order chi connectivity index (χ0) is 14.5. The van der Waals surface area contributed by atoms with Crippen LogP contribution in [0, 0.1) is 0 Å². The van der Waals surface area contributed by atoms with Gasteiger partial charge in [0.15, 0.2) is 0 Å². The Kier molecular flexibility index (Phi) is 4.22. The topological polar surface area (TPSA) is 26.3 Å². The summed E-state index contributed by atoms with van der Waals surface area (Å²) in [6.45, 7) is 0. The molecule has 3 aromatic carbocycles. The summed E-state index contributed by atoms with van der Waals surface area (Å²) in [4.78, 5) is 13.0. The fourth-order valence-electron chi connectivity index (χ4n) is 2.10. The summed E-state index contributed by atoms with van der Waals surface area (Å²) >= 11 is 1.48. The molecular weight excluding hydrogens is 280 g/mol. The molecule has 2 nitrogen and oxygen atoms in total. The number of thioether (sulfide) groups is 1. The quantitative estimate of drug-likeness (QED) is 0.401. The van der Waals surface area contributed by atoms with Gasteiger partial charge < -0.3 is 4.74 Å². The molecule has 0 unspecified atom stereocenters. The number of esters is 1. The Balaban J connectivity index is 1.69. The number of ether oxygens (including phenoxy) is 1. The van der Waals surface area contributed by atoms with Gasteiger partial charge in [-0.25, -0.2) is 0 Å². The zero-order valence-corrected chi connectivity index (χ0v) is 12.2. The molecule has 0 aliphatic carbocycles. The molecule has 3 heteroatoms. The van der Waals surface area contributed by atoms with E-state index in [1.54, 1.807) is 0 Å². The van der Waals surface area contributed by atoms with E-state index in [1.165, 1.54) is 11.8 Å². The molecule has 0 fully saturated rings. The van der Waals surface area contributed by atoms with Crippen molar-refractivity contribution >= 4 is 28.5 Å². The van der Waals surface area contributed by atoms with Crippen LogP contribution in [0.2, 0.25) is 0 Å². The molecule has 0 N–H and O–H groups in total. The average Bonchev–Trinajstić information content (AvgIpc) is 2.54. The van der Waals surface area contributed by atoms with E-state index in [-0.39, 0.29) is 5.97 Å². The fraction of sp³-hybridized carbons (Fsp3) is 0.0556. The summed E-state index contributed by atoms with van der Waals surface area (Å²) in [7, 11) is 0. The van der Waals surface area contributed by atoms with Gasteiger partial charge in [-0.2, -0.15) is 0 Å². The molecule has 3 rings (SSSR count). The summed E-state index contributed by atoms with van der Waals surface area (Å²) in [5.41, 5.74) is 0. The standard InChI is InChI=1S/C18H14O2S/c19-18(13-21-15-9-2-1-3-10-15)20-17-12-6-8-14-7-4-5-11-16(14)17/h1-12H,13H2. The first-order valence-corrected chi connectivity index (χ1v) is 7.68. The van der Waals surface area contributed by atoms with E-state index in [0.717, 1.165) is 15.7 Å². The molecule has 0 aromatic heterocycles. The first-order chi connectivity index (χ1) is 10.3. The maximum atomic E-state index is 12.0. The first-order valence-electron chi connectivity index (χ1n) is 6.69. The van der Waals surface area contributed by atoms with Crippen LogP contribution in [-0.2, 0) is 4.79 Å². The fourth-order valence-corrected chi connectivity index (χ4v) is 2.79. The lowest BCUT2D eigenvalue weighted by Crippen LogP contribution is -2.10. The van der Waals surface area contributed by atoms with Crippen molar-refractivity contribution in [1.29, 1.82) is 0 Å².